The summed E-state index contributed by atoms with van der Waals surface area (Å²) in [6, 6.07) is 9.11. The molecule has 90 valence electrons. The van der Waals surface area contributed by atoms with E-state index >= 15 is 0 Å². The molecule has 1 rings (SSSR count). The Morgan fingerprint density at radius 3 is 2.44 bits per heavy atom. The Labute approximate surface area is 96.9 Å². The number of hydrogen-bond donors (Lipinski definition) is 1. The minimum absolute atomic E-state index is 0.121. The first kappa shape index (κ1) is 13.4. The smallest absolute Gasteiger partial charge is 0.234 e. The first-order valence-electron chi connectivity index (χ1n) is 5.48. The van der Waals surface area contributed by atoms with Crippen molar-refractivity contribution in [3.8, 4) is 0 Å². The minimum Gasteiger partial charge on any atom is -0.396 e. The Morgan fingerprint density at radius 2 is 1.94 bits per heavy atom. The second-order valence-corrected chi connectivity index (χ2v) is 6.71. The predicted octanol–water partition coefficient (Wildman–Crippen LogP) is 2.25. The molecule has 0 saturated heterocycles. The molecule has 1 aromatic rings. The summed E-state index contributed by atoms with van der Waals surface area (Å²) in [5.74, 6) is 0.329. The molecule has 0 aromatic heterocycles. The molecule has 0 amide bonds. The maximum absolute atomic E-state index is 12.5. The van der Waals surface area contributed by atoms with E-state index in [0.717, 1.165) is 0 Å². The monoisotopic (exact) mass is 242 g/mol. The van der Waals surface area contributed by atoms with Gasteiger partial charge in [0.25, 0.3) is 0 Å². The van der Waals surface area contributed by atoms with Crippen molar-refractivity contribution in [2.24, 2.45) is 5.92 Å². The molecule has 0 aliphatic carbocycles. The summed E-state index contributed by atoms with van der Waals surface area (Å²) in [5.41, 5.74) is 0. The number of aliphatic hydroxyl groups excluding tert-OH is 1. The summed E-state index contributed by atoms with van der Waals surface area (Å²) >= 11 is 0. The van der Waals surface area contributed by atoms with Gasteiger partial charge in [0, 0.05) is 5.30 Å². The van der Waals surface area contributed by atoms with E-state index in [9.17, 15) is 4.57 Å². The molecule has 1 atom stereocenters. The van der Waals surface area contributed by atoms with Crippen LogP contribution in [0, 0.1) is 5.92 Å². The third kappa shape index (κ3) is 3.75. The van der Waals surface area contributed by atoms with Crippen molar-refractivity contribution in [2.45, 2.75) is 13.8 Å². The van der Waals surface area contributed by atoms with Crippen LogP contribution in [0.2, 0.25) is 0 Å². The highest BCUT2D eigenvalue weighted by Gasteiger charge is 2.25. The molecular formula is C12H19O3P. The van der Waals surface area contributed by atoms with E-state index in [4.69, 9.17) is 9.63 Å². The molecule has 0 spiro atoms. The van der Waals surface area contributed by atoms with Crippen molar-refractivity contribution in [3.63, 3.8) is 0 Å². The van der Waals surface area contributed by atoms with Gasteiger partial charge in [-0.2, -0.15) is 0 Å². The fourth-order valence-electron chi connectivity index (χ4n) is 1.32. The lowest BCUT2D eigenvalue weighted by atomic mass is 10.2. The molecular weight excluding hydrogens is 223 g/mol. The summed E-state index contributed by atoms with van der Waals surface area (Å²) in [7, 11) is -2.88. The summed E-state index contributed by atoms with van der Waals surface area (Å²) in [5, 5.41) is 9.66. The molecule has 1 unspecified atom stereocenters. The average molecular weight is 242 g/mol. The van der Waals surface area contributed by atoms with Crippen LogP contribution in [0.4, 0.5) is 0 Å². The van der Waals surface area contributed by atoms with E-state index in [1.54, 1.807) is 12.1 Å². The van der Waals surface area contributed by atoms with Crippen molar-refractivity contribution in [2.75, 3.05) is 19.4 Å². The lowest BCUT2D eigenvalue weighted by Gasteiger charge is -2.19. The van der Waals surface area contributed by atoms with E-state index in [1.165, 1.54) is 0 Å². The van der Waals surface area contributed by atoms with Gasteiger partial charge in [0.2, 0.25) is 7.37 Å². The van der Waals surface area contributed by atoms with E-state index in [1.807, 2.05) is 32.0 Å². The summed E-state index contributed by atoms with van der Waals surface area (Å²) < 4.78 is 18.1. The van der Waals surface area contributed by atoms with E-state index < -0.39 is 7.37 Å². The van der Waals surface area contributed by atoms with E-state index in [-0.39, 0.29) is 12.8 Å². The molecule has 3 nitrogen and oxygen atoms in total. The molecule has 0 aliphatic rings. The second-order valence-electron chi connectivity index (χ2n) is 4.15. The van der Waals surface area contributed by atoms with Crippen LogP contribution in [0.25, 0.3) is 0 Å². The molecule has 0 bridgehead atoms. The SMILES string of the molecule is CC(C)COP(=O)(CCO)c1ccccc1. The first-order valence-corrected chi connectivity index (χ1v) is 7.29. The largest absolute Gasteiger partial charge is 0.396 e. The number of benzene rings is 1. The average Bonchev–Trinajstić information content (AvgIpc) is 2.28. The van der Waals surface area contributed by atoms with Crippen LogP contribution in [-0.4, -0.2) is 24.5 Å². The van der Waals surface area contributed by atoms with Gasteiger partial charge in [-0.3, -0.25) is 4.57 Å². The molecule has 0 fully saturated rings. The molecule has 0 heterocycles. The van der Waals surface area contributed by atoms with Crippen LogP contribution in [0.5, 0.6) is 0 Å². The highest BCUT2D eigenvalue weighted by Crippen LogP contribution is 2.45. The molecule has 0 radical (unpaired) electrons. The van der Waals surface area contributed by atoms with Crippen LogP contribution < -0.4 is 5.30 Å². The van der Waals surface area contributed by atoms with Gasteiger partial charge in [-0.25, -0.2) is 0 Å². The molecule has 1 N–H and O–H groups in total. The van der Waals surface area contributed by atoms with Gasteiger partial charge in [-0.15, -0.1) is 0 Å². The van der Waals surface area contributed by atoms with Gasteiger partial charge >= 0.3 is 0 Å². The molecule has 0 aliphatic heterocycles. The van der Waals surface area contributed by atoms with Gasteiger partial charge < -0.3 is 9.63 Å². The number of aliphatic hydroxyl groups is 1. The van der Waals surface area contributed by atoms with Gasteiger partial charge in [-0.1, -0.05) is 32.0 Å². The third-order valence-electron chi connectivity index (χ3n) is 2.16. The third-order valence-corrected chi connectivity index (χ3v) is 4.60. The maximum Gasteiger partial charge on any atom is 0.234 e. The first-order chi connectivity index (χ1) is 7.58. The van der Waals surface area contributed by atoms with Crippen molar-refractivity contribution in [1.29, 1.82) is 0 Å². The van der Waals surface area contributed by atoms with E-state index in [0.29, 0.717) is 17.8 Å². The van der Waals surface area contributed by atoms with Crippen LogP contribution in [0.15, 0.2) is 30.3 Å². The Kier molecular flexibility index (Phi) is 5.20. The van der Waals surface area contributed by atoms with Crippen molar-refractivity contribution in [1.82, 2.24) is 0 Å². The lowest BCUT2D eigenvalue weighted by Crippen LogP contribution is -2.14. The zero-order valence-electron chi connectivity index (χ0n) is 9.80. The zero-order chi connectivity index (χ0) is 12.0. The van der Waals surface area contributed by atoms with Crippen LogP contribution in [0.3, 0.4) is 0 Å². The second kappa shape index (κ2) is 6.19. The Balaban J connectivity index is 2.84. The topological polar surface area (TPSA) is 46.5 Å². The highest BCUT2D eigenvalue weighted by atomic mass is 31.2. The summed E-state index contributed by atoms with van der Waals surface area (Å²) in [6.07, 6.45) is 0.184. The fraction of sp³-hybridized carbons (Fsp3) is 0.500. The maximum atomic E-state index is 12.5. The fourth-order valence-corrected chi connectivity index (χ4v) is 3.29. The van der Waals surface area contributed by atoms with Gasteiger partial charge in [-0.05, 0) is 18.1 Å². The normalized spacial score (nSPS) is 15.0. The van der Waals surface area contributed by atoms with Gasteiger partial charge in [0.05, 0.1) is 19.4 Å². The number of hydrogen-bond acceptors (Lipinski definition) is 3. The quantitative estimate of drug-likeness (QED) is 0.778. The predicted molar refractivity (Wildman–Crippen MR) is 66.4 cm³/mol. The van der Waals surface area contributed by atoms with Crippen LogP contribution >= 0.6 is 7.37 Å². The zero-order valence-corrected chi connectivity index (χ0v) is 10.7. The number of rotatable bonds is 6. The van der Waals surface area contributed by atoms with E-state index in [2.05, 4.69) is 0 Å². The standard InChI is InChI=1S/C12H19O3P/c1-11(2)10-15-16(14,9-8-13)12-6-4-3-5-7-12/h3-7,11,13H,8-10H2,1-2H3. The highest BCUT2D eigenvalue weighted by molar-refractivity contribution is 7.67. The summed E-state index contributed by atoms with van der Waals surface area (Å²) in [4.78, 5) is 0. The Hall–Kier alpha value is -0.630. The van der Waals surface area contributed by atoms with Gasteiger partial charge in [0.1, 0.15) is 0 Å². The van der Waals surface area contributed by atoms with Gasteiger partial charge in [0.15, 0.2) is 0 Å². The molecule has 4 heteroatoms. The lowest BCUT2D eigenvalue weighted by molar-refractivity contribution is 0.264. The van der Waals surface area contributed by atoms with Crippen molar-refractivity contribution in [3.05, 3.63) is 30.3 Å². The van der Waals surface area contributed by atoms with Crippen molar-refractivity contribution >= 4 is 12.7 Å². The molecule has 16 heavy (non-hydrogen) atoms. The van der Waals surface area contributed by atoms with Crippen LogP contribution in [0.1, 0.15) is 13.8 Å². The molecule has 1 aromatic carbocycles. The molecule has 0 saturated carbocycles. The van der Waals surface area contributed by atoms with Crippen LogP contribution in [-0.2, 0) is 9.09 Å². The van der Waals surface area contributed by atoms with Crippen molar-refractivity contribution < 1.29 is 14.2 Å². The Bertz CT molecular complexity index is 349. The Morgan fingerprint density at radius 1 is 1.31 bits per heavy atom. The summed E-state index contributed by atoms with van der Waals surface area (Å²) in [6.45, 7) is 4.35. The minimum atomic E-state index is -2.88.